The number of para-hydroxylation sites is 1. The fraction of sp³-hybridized carbons (Fsp3) is 0.438. The summed E-state index contributed by atoms with van der Waals surface area (Å²) in [6.45, 7) is 4.64. The predicted molar refractivity (Wildman–Crippen MR) is 154 cm³/mol. The zero-order valence-electron chi connectivity index (χ0n) is 23.6. The number of nitrogens with zero attached hydrogens (tertiary/aromatic N) is 1. The summed E-state index contributed by atoms with van der Waals surface area (Å²) in [6.07, 6.45) is 4.74. The number of hydrogen-bond acceptors (Lipinski definition) is 6. The molecule has 2 saturated heterocycles. The first-order chi connectivity index (χ1) is 19.8. The first-order valence-corrected chi connectivity index (χ1v) is 14.6. The SMILES string of the molecule is CCCN1C(=O)[C@@H]2[C@@H](CC(COc3ccccc3)=C3[C@@H](CC/C(=C/c4ccc(O)c(F)c4)CC)OB(O)C[C@@H]32)C1=O. The second kappa shape index (κ2) is 12.6. The van der Waals surface area contributed by atoms with E-state index in [0.29, 0.717) is 43.5 Å². The summed E-state index contributed by atoms with van der Waals surface area (Å²) < 4.78 is 26.2. The molecule has 0 aromatic heterocycles. The Hall–Kier alpha value is -3.43. The highest BCUT2D eigenvalue weighted by Gasteiger charge is 2.57. The van der Waals surface area contributed by atoms with Gasteiger partial charge in [-0.2, -0.15) is 0 Å². The third-order valence-electron chi connectivity index (χ3n) is 8.53. The van der Waals surface area contributed by atoms with Crippen LogP contribution in [0.2, 0.25) is 6.32 Å². The van der Waals surface area contributed by atoms with Crippen molar-refractivity contribution in [3.63, 3.8) is 0 Å². The van der Waals surface area contributed by atoms with E-state index in [1.54, 1.807) is 6.07 Å². The number of rotatable bonds is 10. The van der Waals surface area contributed by atoms with Gasteiger partial charge in [-0.1, -0.05) is 49.8 Å². The summed E-state index contributed by atoms with van der Waals surface area (Å²) in [5.74, 6) is -1.90. The molecule has 0 unspecified atom stereocenters. The average molecular weight is 561 g/mol. The van der Waals surface area contributed by atoms with Gasteiger partial charge in [-0.25, -0.2) is 4.39 Å². The van der Waals surface area contributed by atoms with E-state index in [-0.39, 0.29) is 36.4 Å². The number of carbonyl (C=O) groups excluding carboxylic acids is 2. The van der Waals surface area contributed by atoms with Crippen LogP contribution in [0, 0.1) is 23.6 Å². The number of likely N-dealkylation sites (tertiary alicyclic amines) is 1. The van der Waals surface area contributed by atoms with E-state index in [4.69, 9.17) is 9.39 Å². The van der Waals surface area contributed by atoms with Gasteiger partial charge in [-0.05, 0) is 85.3 Å². The van der Waals surface area contributed by atoms with Gasteiger partial charge in [0.2, 0.25) is 11.8 Å². The Morgan fingerprint density at radius 1 is 1.15 bits per heavy atom. The molecule has 2 amide bonds. The zero-order valence-corrected chi connectivity index (χ0v) is 23.6. The number of aromatic hydroxyl groups is 1. The minimum atomic E-state index is -1.05. The normalized spacial score (nSPS) is 24.5. The Morgan fingerprint density at radius 3 is 2.63 bits per heavy atom. The molecule has 41 heavy (non-hydrogen) atoms. The Balaban J connectivity index is 1.45. The van der Waals surface area contributed by atoms with Crippen LogP contribution >= 0.6 is 0 Å². The maximum Gasteiger partial charge on any atom is 0.455 e. The number of hydrogen-bond donors (Lipinski definition) is 2. The number of phenols is 1. The van der Waals surface area contributed by atoms with Crippen LogP contribution in [0.4, 0.5) is 4.39 Å². The van der Waals surface area contributed by atoms with Crippen molar-refractivity contribution in [1.82, 2.24) is 4.90 Å². The van der Waals surface area contributed by atoms with Crippen LogP contribution in [-0.2, 0) is 14.2 Å². The van der Waals surface area contributed by atoms with Crippen LogP contribution in [0.3, 0.4) is 0 Å². The van der Waals surface area contributed by atoms with Gasteiger partial charge in [-0.15, -0.1) is 0 Å². The largest absolute Gasteiger partial charge is 0.505 e. The minimum Gasteiger partial charge on any atom is -0.505 e. The maximum atomic E-state index is 13.9. The summed E-state index contributed by atoms with van der Waals surface area (Å²) in [5, 5.41) is 20.3. The molecule has 7 nitrogen and oxygen atoms in total. The summed E-state index contributed by atoms with van der Waals surface area (Å²) in [7, 11) is -1.05. The van der Waals surface area contributed by atoms with Crippen LogP contribution in [0.5, 0.6) is 11.5 Å². The molecule has 0 spiro atoms. The average Bonchev–Trinajstić information content (AvgIpc) is 3.20. The molecule has 9 heteroatoms. The molecule has 2 aromatic rings. The van der Waals surface area contributed by atoms with Gasteiger partial charge < -0.3 is 19.5 Å². The summed E-state index contributed by atoms with van der Waals surface area (Å²) in [5.41, 5.74) is 3.65. The zero-order chi connectivity index (χ0) is 29.1. The monoisotopic (exact) mass is 561 g/mol. The summed E-state index contributed by atoms with van der Waals surface area (Å²) in [6, 6.07) is 13.8. The standard InChI is InChI=1S/C32H37BFNO6/c1-3-14-35-31(37)24-17-22(19-40-23-8-6-5-7-9-23)29-25(30(24)32(35)38)18-33(39)41-28(29)13-11-20(4-2)15-21-10-12-27(36)26(34)16-21/h5-10,12,15-16,24-25,28,30,36,39H,3-4,11,13-14,17-19H2,1-2H3/b20-15+/t24-,25+,28-,30-/m1/s1. The molecule has 2 fully saturated rings. The Kier molecular flexibility index (Phi) is 8.95. The smallest absolute Gasteiger partial charge is 0.455 e. The van der Waals surface area contributed by atoms with Gasteiger partial charge >= 0.3 is 7.12 Å². The van der Waals surface area contributed by atoms with Gasteiger partial charge in [-0.3, -0.25) is 14.5 Å². The number of benzene rings is 2. The maximum absolute atomic E-state index is 13.9. The molecule has 216 valence electrons. The second-order valence-corrected chi connectivity index (χ2v) is 11.2. The highest BCUT2D eigenvalue weighted by molar-refractivity contribution is 6.43. The second-order valence-electron chi connectivity index (χ2n) is 11.2. The highest BCUT2D eigenvalue weighted by Crippen LogP contribution is 2.50. The molecule has 1 aliphatic carbocycles. The minimum absolute atomic E-state index is 0.132. The van der Waals surface area contributed by atoms with Crippen molar-refractivity contribution in [1.29, 1.82) is 0 Å². The third kappa shape index (κ3) is 6.11. The van der Waals surface area contributed by atoms with Crippen molar-refractivity contribution in [3.8, 4) is 11.5 Å². The number of phenolic OH excluding ortho intramolecular Hbond substituents is 1. The van der Waals surface area contributed by atoms with Crippen LogP contribution in [0.1, 0.15) is 51.5 Å². The van der Waals surface area contributed by atoms with Crippen molar-refractivity contribution in [2.24, 2.45) is 17.8 Å². The molecule has 0 saturated carbocycles. The molecule has 2 N–H and O–H groups in total. The van der Waals surface area contributed by atoms with Gasteiger partial charge in [0.05, 0.1) is 17.9 Å². The molecule has 5 rings (SSSR count). The lowest BCUT2D eigenvalue weighted by atomic mass is 9.58. The van der Waals surface area contributed by atoms with Crippen molar-refractivity contribution in [2.75, 3.05) is 13.2 Å². The van der Waals surface area contributed by atoms with Gasteiger partial charge in [0, 0.05) is 6.54 Å². The lowest BCUT2D eigenvalue weighted by Crippen LogP contribution is -2.46. The van der Waals surface area contributed by atoms with Crippen molar-refractivity contribution < 1.29 is 33.5 Å². The number of allylic oxidation sites excluding steroid dienone is 1. The quantitative estimate of drug-likeness (QED) is 0.230. The summed E-state index contributed by atoms with van der Waals surface area (Å²) in [4.78, 5) is 28.3. The van der Waals surface area contributed by atoms with Gasteiger partial charge in [0.1, 0.15) is 12.4 Å². The number of carbonyl (C=O) groups is 2. The van der Waals surface area contributed by atoms with Crippen LogP contribution in [-0.4, -0.2) is 53.2 Å². The van der Waals surface area contributed by atoms with Crippen LogP contribution < -0.4 is 4.74 Å². The molecule has 0 bridgehead atoms. The van der Waals surface area contributed by atoms with Gasteiger partial charge in [0.25, 0.3) is 0 Å². The van der Waals surface area contributed by atoms with E-state index in [1.807, 2.05) is 50.3 Å². The molecule has 2 aliphatic heterocycles. The first kappa shape index (κ1) is 29.1. The number of ether oxygens (including phenoxy) is 1. The predicted octanol–water partition coefficient (Wildman–Crippen LogP) is 5.39. The van der Waals surface area contributed by atoms with Crippen molar-refractivity contribution >= 4 is 25.0 Å². The molecular formula is C32H37BFNO6. The Morgan fingerprint density at radius 2 is 1.93 bits per heavy atom. The van der Waals surface area contributed by atoms with E-state index in [9.17, 15) is 24.1 Å². The lowest BCUT2D eigenvalue weighted by molar-refractivity contribution is -0.140. The molecule has 3 aliphatic rings. The van der Waals surface area contributed by atoms with Crippen LogP contribution in [0.15, 0.2) is 65.3 Å². The number of amides is 2. The van der Waals surface area contributed by atoms with Gasteiger partial charge in [0.15, 0.2) is 11.6 Å². The summed E-state index contributed by atoms with van der Waals surface area (Å²) >= 11 is 0. The number of imide groups is 1. The first-order valence-electron chi connectivity index (χ1n) is 14.6. The third-order valence-corrected chi connectivity index (χ3v) is 8.53. The van der Waals surface area contributed by atoms with Crippen molar-refractivity contribution in [2.45, 2.75) is 58.4 Å². The molecule has 2 heterocycles. The van der Waals surface area contributed by atoms with E-state index >= 15 is 0 Å². The highest BCUT2D eigenvalue weighted by atomic mass is 19.1. The van der Waals surface area contributed by atoms with Crippen molar-refractivity contribution in [3.05, 3.63) is 76.6 Å². The van der Waals surface area contributed by atoms with E-state index in [0.717, 1.165) is 23.1 Å². The van der Waals surface area contributed by atoms with E-state index < -0.39 is 30.9 Å². The Labute approximate surface area is 240 Å². The fourth-order valence-electron chi connectivity index (χ4n) is 6.61. The molecular weight excluding hydrogens is 524 g/mol. The molecule has 0 radical (unpaired) electrons. The van der Waals surface area contributed by atoms with E-state index in [1.165, 1.54) is 17.0 Å². The number of halogens is 1. The topological polar surface area (TPSA) is 96.3 Å². The Bertz CT molecular complexity index is 1340. The molecule has 2 aromatic carbocycles. The van der Waals surface area contributed by atoms with E-state index in [2.05, 4.69) is 0 Å². The van der Waals surface area contributed by atoms with Crippen LogP contribution in [0.25, 0.3) is 6.08 Å². The number of fused-ring (bicyclic) bond motifs is 3. The fourth-order valence-corrected chi connectivity index (χ4v) is 6.61. The lowest BCUT2D eigenvalue weighted by Gasteiger charge is -2.43. The molecule has 4 atom stereocenters.